The molecule has 0 saturated heterocycles. The van der Waals surface area contributed by atoms with Gasteiger partial charge < -0.3 is 0 Å². The quantitative estimate of drug-likeness (QED) is 0.536. The minimum atomic E-state index is -3.03. The second-order valence-electron chi connectivity index (χ2n) is 2.87. The molecule has 0 spiro atoms. The van der Waals surface area contributed by atoms with Crippen LogP contribution in [0, 0.1) is 5.92 Å². The molecule has 62 valence electrons. The maximum atomic E-state index is 10.8. The van der Waals surface area contributed by atoms with Gasteiger partial charge in [-0.15, -0.1) is 0 Å². The third-order valence-corrected chi connectivity index (χ3v) is 2.22. The van der Waals surface area contributed by atoms with Crippen molar-refractivity contribution in [3.05, 3.63) is 0 Å². The average Bonchev–Trinajstić information content (AvgIpc) is 1.60. The molecule has 0 rings (SSSR count). The lowest BCUT2D eigenvalue weighted by molar-refractivity contribution is 0.476. The second-order valence-corrected chi connectivity index (χ2v) is 4.55. The fraction of sp³-hybridized carbons (Fsp3) is 1.00. The van der Waals surface area contributed by atoms with E-state index in [9.17, 15) is 4.57 Å². The summed E-state index contributed by atoms with van der Waals surface area (Å²) in [4.78, 5) is 0. The van der Waals surface area contributed by atoms with Crippen molar-refractivity contribution < 1.29 is 4.57 Å². The topological polar surface area (TPSA) is 81.1 Å². The lowest BCUT2D eigenvalue weighted by Gasteiger charge is -2.19. The van der Waals surface area contributed by atoms with E-state index in [1.807, 2.05) is 20.8 Å². The summed E-state index contributed by atoms with van der Waals surface area (Å²) in [5.41, 5.74) is 10.2. The maximum Gasteiger partial charge on any atom is 0.274 e. The van der Waals surface area contributed by atoms with E-state index in [1.54, 1.807) is 0 Å². The van der Waals surface area contributed by atoms with Crippen LogP contribution in [0.4, 0.5) is 0 Å². The van der Waals surface area contributed by atoms with E-state index in [0.29, 0.717) is 5.92 Å². The van der Waals surface area contributed by atoms with Gasteiger partial charge in [0.1, 0.15) is 0 Å². The molecule has 0 fully saturated rings. The van der Waals surface area contributed by atoms with Crippen molar-refractivity contribution >= 4 is 7.59 Å². The third kappa shape index (κ3) is 4.94. The fourth-order valence-electron chi connectivity index (χ4n) is 0.467. The third-order valence-electron chi connectivity index (χ3n) is 1.41. The van der Waals surface area contributed by atoms with Crippen molar-refractivity contribution in [1.29, 1.82) is 0 Å². The van der Waals surface area contributed by atoms with E-state index >= 15 is 0 Å². The molecule has 0 heterocycles. The highest BCUT2D eigenvalue weighted by Gasteiger charge is 2.14. The lowest BCUT2D eigenvalue weighted by Crippen LogP contribution is -2.33. The molecule has 1 atom stereocenters. The van der Waals surface area contributed by atoms with Crippen LogP contribution in [0.1, 0.15) is 20.8 Å². The van der Waals surface area contributed by atoms with E-state index in [2.05, 4.69) is 5.09 Å². The molecule has 10 heavy (non-hydrogen) atoms. The molecule has 0 saturated carbocycles. The van der Waals surface area contributed by atoms with Crippen LogP contribution < -0.4 is 16.1 Å². The Bertz CT molecular complexity index is 142. The van der Waals surface area contributed by atoms with Crippen LogP contribution in [0.15, 0.2) is 0 Å². The highest BCUT2D eigenvalue weighted by molar-refractivity contribution is 7.56. The van der Waals surface area contributed by atoms with Crippen molar-refractivity contribution in [1.82, 2.24) is 5.09 Å². The van der Waals surface area contributed by atoms with Crippen molar-refractivity contribution in [2.75, 3.05) is 0 Å². The van der Waals surface area contributed by atoms with Crippen LogP contribution in [0.3, 0.4) is 0 Å². The normalized spacial score (nSPS) is 15.8. The first-order chi connectivity index (χ1) is 4.33. The van der Waals surface area contributed by atoms with Crippen LogP contribution in [-0.4, -0.2) is 6.04 Å². The molecule has 0 aliphatic rings. The van der Waals surface area contributed by atoms with Gasteiger partial charge in [0, 0.05) is 6.04 Å². The molecular weight excluding hydrogens is 149 g/mol. The molecule has 0 radical (unpaired) electrons. The summed E-state index contributed by atoms with van der Waals surface area (Å²) in [5.74, 6) is 0.389. The summed E-state index contributed by atoms with van der Waals surface area (Å²) in [7, 11) is -3.03. The summed E-state index contributed by atoms with van der Waals surface area (Å²) in [6, 6.07) is 0.0980. The Labute approximate surface area is 61.9 Å². The van der Waals surface area contributed by atoms with Gasteiger partial charge in [-0.05, 0) is 12.8 Å². The monoisotopic (exact) mass is 165 g/mol. The SMILES string of the molecule is CC(C)[C@H](C)NP(N)(N)=O. The van der Waals surface area contributed by atoms with Gasteiger partial charge in [0.2, 0.25) is 0 Å². The Morgan fingerprint density at radius 3 is 1.80 bits per heavy atom. The lowest BCUT2D eigenvalue weighted by atomic mass is 10.1. The van der Waals surface area contributed by atoms with Crippen LogP contribution in [-0.2, 0) is 4.57 Å². The molecule has 0 bridgehead atoms. The fourth-order valence-corrected chi connectivity index (χ4v) is 1.40. The molecule has 0 aromatic rings. The van der Waals surface area contributed by atoms with Crippen LogP contribution in [0.5, 0.6) is 0 Å². The van der Waals surface area contributed by atoms with Gasteiger partial charge in [-0.2, -0.15) is 0 Å². The van der Waals surface area contributed by atoms with Gasteiger partial charge in [0.15, 0.2) is 0 Å². The highest BCUT2D eigenvalue weighted by atomic mass is 31.2. The van der Waals surface area contributed by atoms with Gasteiger partial charge in [-0.3, -0.25) is 15.6 Å². The van der Waals surface area contributed by atoms with Gasteiger partial charge in [0.05, 0.1) is 0 Å². The van der Waals surface area contributed by atoms with Crippen LogP contribution >= 0.6 is 7.59 Å². The van der Waals surface area contributed by atoms with Gasteiger partial charge >= 0.3 is 0 Å². The maximum absolute atomic E-state index is 10.8. The summed E-state index contributed by atoms with van der Waals surface area (Å²) in [6.07, 6.45) is 0. The Hall–Kier alpha value is 0.110. The number of hydrogen-bond donors (Lipinski definition) is 3. The molecule has 0 aliphatic heterocycles. The predicted octanol–water partition coefficient (Wildman–Crippen LogP) is 0.646. The largest absolute Gasteiger partial charge is 0.274 e. The Morgan fingerprint density at radius 2 is 1.70 bits per heavy atom. The van der Waals surface area contributed by atoms with Crippen molar-refractivity contribution in [2.24, 2.45) is 16.9 Å². The van der Waals surface area contributed by atoms with Gasteiger partial charge in [0.25, 0.3) is 7.59 Å². The number of hydrogen-bond acceptors (Lipinski definition) is 1. The first-order valence-corrected chi connectivity index (χ1v) is 5.12. The van der Waals surface area contributed by atoms with E-state index in [0.717, 1.165) is 0 Å². The molecular formula is C5H16N3OP. The van der Waals surface area contributed by atoms with E-state index < -0.39 is 7.59 Å². The van der Waals surface area contributed by atoms with Crippen LogP contribution in [0.2, 0.25) is 0 Å². The summed E-state index contributed by atoms with van der Waals surface area (Å²) < 4.78 is 10.8. The number of nitrogens with one attached hydrogen (secondary N) is 1. The Balaban J connectivity index is 3.80. The molecule has 0 unspecified atom stereocenters. The molecule has 0 aromatic heterocycles. The first-order valence-electron chi connectivity index (χ1n) is 3.28. The number of nitrogens with two attached hydrogens (primary N) is 2. The molecule has 0 aromatic carbocycles. The Kier molecular flexibility index (Phi) is 3.52. The van der Waals surface area contributed by atoms with Crippen molar-refractivity contribution in [3.63, 3.8) is 0 Å². The second kappa shape index (κ2) is 3.49. The highest BCUT2D eigenvalue weighted by Crippen LogP contribution is 2.20. The smallest absolute Gasteiger partial charge is 0.271 e. The predicted molar refractivity (Wildman–Crippen MR) is 43.4 cm³/mol. The Morgan fingerprint density at radius 1 is 1.30 bits per heavy atom. The number of rotatable bonds is 3. The van der Waals surface area contributed by atoms with Gasteiger partial charge in [-0.25, -0.2) is 5.09 Å². The van der Waals surface area contributed by atoms with Crippen LogP contribution in [0.25, 0.3) is 0 Å². The van der Waals surface area contributed by atoms with E-state index in [1.165, 1.54) is 0 Å². The molecule has 5 N–H and O–H groups in total. The zero-order valence-corrected chi connectivity index (χ0v) is 7.56. The van der Waals surface area contributed by atoms with Gasteiger partial charge in [-0.1, -0.05) is 13.8 Å². The molecule has 0 aliphatic carbocycles. The van der Waals surface area contributed by atoms with E-state index in [4.69, 9.17) is 11.0 Å². The average molecular weight is 165 g/mol. The molecule has 5 heteroatoms. The summed E-state index contributed by atoms with van der Waals surface area (Å²) in [6.45, 7) is 5.91. The van der Waals surface area contributed by atoms with E-state index in [-0.39, 0.29) is 6.04 Å². The summed E-state index contributed by atoms with van der Waals surface area (Å²) >= 11 is 0. The zero-order valence-electron chi connectivity index (χ0n) is 6.66. The minimum absolute atomic E-state index is 0.0980. The minimum Gasteiger partial charge on any atom is -0.271 e. The van der Waals surface area contributed by atoms with Crippen molar-refractivity contribution in [3.8, 4) is 0 Å². The first kappa shape index (κ1) is 10.1. The molecule has 0 amide bonds. The summed E-state index contributed by atoms with van der Waals surface area (Å²) in [5, 5.41) is 2.63. The van der Waals surface area contributed by atoms with Crippen molar-refractivity contribution in [2.45, 2.75) is 26.8 Å². The molecule has 4 nitrogen and oxygen atoms in total. The zero-order chi connectivity index (χ0) is 8.36. The standard InChI is InChI=1S/C5H16N3OP/c1-4(2)5(3)8-10(6,7)9/h4-5H,1-3H3,(H5,6,7,8,9)/t5-/m0/s1.